The number of aromatic nitrogens is 3. The summed E-state index contributed by atoms with van der Waals surface area (Å²) in [5, 5.41) is 7.70. The van der Waals surface area contributed by atoms with Crippen LogP contribution in [0.15, 0.2) is 30.4 Å². The average molecular weight is 280 g/mol. The highest BCUT2D eigenvalue weighted by molar-refractivity contribution is 5.58. The third-order valence-electron chi connectivity index (χ3n) is 2.50. The maximum absolute atomic E-state index is 12.5. The fourth-order valence-corrected chi connectivity index (χ4v) is 1.52. The van der Waals surface area contributed by atoms with Gasteiger partial charge < -0.3 is 0 Å². The topological polar surface area (TPSA) is 30.7 Å². The van der Waals surface area contributed by atoms with Crippen molar-refractivity contribution >= 4 is 0 Å². The first-order chi connectivity index (χ1) is 9.91. The van der Waals surface area contributed by atoms with Crippen molar-refractivity contribution in [2.75, 3.05) is 0 Å². The molecule has 2 rings (SSSR count). The average Bonchev–Trinajstić information content (AvgIpc) is 2.86. The van der Waals surface area contributed by atoms with Gasteiger partial charge in [0.1, 0.15) is 12.2 Å². The molecule has 0 aliphatic carbocycles. The Hall–Kier alpha value is -2.29. The van der Waals surface area contributed by atoms with Crippen LogP contribution < -0.4 is 0 Å². The van der Waals surface area contributed by atoms with Crippen LogP contribution in [0.4, 0.5) is 13.2 Å². The van der Waals surface area contributed by atoms with E-state index in [2.05, 4.69) is 22.2 Å². The normalized spacial score (nSPS) is 11.7. The van der Waals surface area contributed by atoms with E-state index in [9.17, 15) is 13.2 Å². The van der Waals surface area contributed by atoms with Gasteiger partial charge in [-0.3, -0.25) is 0 Å². The summed E-state index contributed by atoms with van der Waals surface area (Å²) in [6.45, 7) is 2.28. The van der Waals surface area contributed by atoms with Crippen molar-refractivity contribution in [2.45, 2.75) is 26.1 Å². The summed E-state index contributed by atoms with van der Waals surface area (Å²) in [4.78, 5) is 0. The Morgan fingerprint density at radius 2 is 2.10 bits per heavy atom. The van der Waals surface area contributed by atoms with Gasteiger partial charge in [-0.05, 0) is 12.1 Å². The van der Waals surface area contributed by atoms with E-state index in [-0.39, 0.29) is 6.04 Å². The highest BCUT2D eigenvalue weighted by Crippen LogP contribution is 2.30. The molecule has 0 saturated carbocycles. The molecule has 0 amide bonds. The summed E-state index contributed by atoms with van der Waals surface area (Å²) >= 11 is 0. The van der Waals surface area contributed by atoms with E-state index in [1.165, 1.54) is 10.7 Å². The fourth-order valence-electron chi connectivity index (χ4n) is 1.52. The molecular weight excluding hydrogens is 267 g/mol. The maximum Gasteiger partial charge on any atom is 0.416 e. The highest BCUT2D eigenvalue weighted by Gasteiger charge is 2.30. The smallest absolute Gasteiger partial charge is 0.240 e. The first-order valence-corrected chi connectivity index (χ1v) is 5.96. The quantitative estimate of drug-likeness (QED) is 0.790. The molecule has 6 heteroatoms. The van der Waals surface area contributed by atoms with E-state index < -0.39 is 11.7 Å². The van der Waals surface area contributed by atoms with E-state index >= 15 is 0 Å². The van der Waals surface area contributed by atoms with Crippen molar-refractivity contribution in [1.82, 2.24) is 15.0 Å². The molecule has 0 aliphatic rings. The third kappa shape index (κ3) is 3.38. The predicted molar refractivity (Wildman–Crippen MR) is 68.5 cm³/mol. The number of benzene rings is 1. The number of halogens is 3. The molecule has 3 nitrogen and oxygen atoms in total. The van der Waals surface area contributed by atoms with Crippen LogP contribution in [0.1, 0.15) is 20.3 Å². The number of hydrogen-bond acceptors (Lipinski definition) is 2. The van der Waals surface area contributed by atoms with Gasteiger partial charge in [0, 0.05) is 12.0 Å². The molecule has 0 bridgehead atoms. The van der Waals surface area contributed by atoms with Gasteiger partial charge in [0.25, 0.3) is 0 Å². The summed E-state index contributed by atoms with van der Waals surface area (Å²) in [5.41, 5.74) is -0.192. The lowest BCUT2D eigenvalue weighted by molar-refractivity contribution is -0.137. The van der Waals surface area contributed by atoms with Crippen molar-refractivity contribution in [1.29, 1.82) is 0 Å². The monoisotopic (exact) mass is 280 g/mol. The van der Waals surface area contributed by atoms with Gasteiger partial charge >= 0.3 is 6.18 Å². The molecule has 20 heavy (non-hydrogen) atoms. The summed E-state index contributed by atoms with van der Waals surface area (Å²) in [7, 11) is 0. The van der Waals surface area contributed by atoms with Crippen LogP contribution >= 0.6 is 0 Å². The lowest BCUT2D eigenvalue weighted by atomic mass is 10.1. The van der Waals surface area contributed by atoms with E-state index in [1.54, 1.807) is 6.20 Å². The second-order valence-electron chi connectivity index (χ2n) is 4.00. The Morgan fingerprint density at radius 3 is 2.75 bits per heavy atom. The van der Waals surface area contributed by atoms with Gasteiger partial charge in [0.05, 0.1) is 13.1 Å². The van der Waals surface area contributed by atoms with Gasteiger partial charge in [-0.15, -0.1) is 11.0 Å². The standard InChI is InChI=1S/C14H12F3N3/c1-2-3-4-9-20-10-13(18-19-20)11-5-7-12(8-6-11)14(15,16)17/h5-8,10H,2,9H2,1H3/i5D. The third-order valence-corrected chi connectivity index (χ3v) is 2.50. The molecule has 0 spiro atoms. The van der Waals surface area contributed by atoms with Crippen LogP contribution in [0, 0.1) is 11.8 Å². The summed E-state index contributed by atoms with van der Waals surface area (Å²) in [6, 6.07) is 2.71. The SMILES string of the molecule is [2H]c1cc(C(F)(F)F)ccc1-c1cn(CC#CCC)nn1. The Bertz CT molecular complexity index is 695. The van der Waals surface area contributed by atoms with E-state index in [4.69, 9.17) is 1.37 Å². The molecular formula is C14H12F3N3. The highest BCUT2D eigenvalue weighted by atomic mass is 19.4. The second kappa shape index (κ2) is 5.78. The zero-order valence-corrected chi connectivity index (χ0v) is 10.7. The molecule has 0 N–H and O–H groups in total. The molecule has 0 unspecified atom stereocenters. The van der Waals surface area contributed by atoms with Crippen molar-refractivity contribution in [2.24, 2.45) is 0 Å². The predicted octanol–water partition coefficient (Wildman–Crippen LogP) is 3.38. The maximum atomic E-state index is 12.5. The lowest BCUT2D eigenvalue weighted by Gasteiger charge is -2.06. The Balaban J connectivity index is 2.26. The molecule has 2 aromatic rings. The minimum atomic E-state index is -4.46. The van der Waals surface area contributed by atoms with Crippen molar-refractivity contribution in [3.8, 4) is 23.1 Å². The largest absolute Gasteiger partial charge is 0.416 e. The van der Waals surface area contributed by atoms with E-state index in [0.29, 0.717) is 17.8 Å². The lowest BCUT2D eigenvalue weighted by Crippen LogP contribution is -2.03. The zero-order chi connectivity index (χ0) is 15.5. The second-order valence-corrected chi connectivity index (χ2v) is 4.00. The van der Waals surface area contributed by atoms with Gasteiger partial charge in [-0.2, -0.15) is 13.2 Å². The fraction of sp³-hybridized carbons (Fsp3) is 0.286. The van der Waals surface area contributed by atoms with Gasteiger partial charge in [-0.25, -0.2) is 4.68 Å². The minimum Gasteiger partial charge on any atom is -0.240 e. The summed E-state index contributed by atoms with van der Waals surface area (Å²) in [5.74, 6) is 5.76. The number of hydrogen-bond donors (Lipinski definition) is 0. The Kier molecular flexibility index (Phi) is 3.68. The van der Waals surface area contributed by atoms with Crippen LogP contribution in [0.25, 0.3) is 11.3 Å². The van der Waals surface area contributed by atoms with Crippen LogP contribution in [0.3, 0.4) is 0 Å². The van der Waals surface area contributed by atoms with Crippen LogP contribution in [0.5, 0.6) is 0 Å². The summed E-state index contributed by atoms with van der Waals surface area (Å²) in [6.07, 6.45) is -2.16. The molecule has 0 fully saturated rings. The molecule has 0 aliphatic heterocycles. The molecule has 1 aromatic heterocycles. The molecule has 1 aromatic carbocycles. The Labute approximate surface area is 115 Å². The first kappa shape index (κ1) is 12.7. The van der Waals surface area contributed by atoms with Crippen molar-refractivity contribution < 1.29 is 14.5 Å². The summed E-state index contributed by atoms with van der Waals surface area (Å²) < 4.78 is 46.8. The van der Waals surface area contributed by atoms with Crippen LogP contribution in [-0.4, -0.2) is 15.0 Å². The van der Waals surface area contributed by atoms with Crippen molar-refractivity contribution in [3.05, 3.63) is 36.0 Å². The van der Waals surface area contributed by atoms with Crippen molar-refractivity contribution in [3.63, 3.8) is 0 Å². The number of nitrogens with zero attached hydrogens (tertiary/aromatic N) is 3. The molecule has 0 saturated heterocycles. The molecule has 104 valence electrons. The van der Waals surface area contributed by atoms with Gasteiger partial charge in [0.2, 0.25) is 0 Å². The zero-order valence-electron chi connectivity index (χ0n) is 11.7. The first-order valence-electron chi connectivity index (χ1n) is 6.46. The van der Waals surface area contributed by atoms with Gasteiger partial charge in [0.15, 0.2) is 0 Å². The molecule has 0 radical (unpaired) electrons. The van der Waals surface area contributed by atoms with Gasteiger partial charge in [-0.1, -0.05) is 30.2 Å². The van der Waals surface area contributed by atoms with E-state index in [1.807, 2.05) is 6.92 Å². The molecule has 0 atom stereocenters. The molecule has 1 heterocycles. The van der Waals surface area contributed by atoms with Crippen LogP contribution in [-0.2, 0) is 12.7 Å². The van der Waals surface area contributed by atoms with Crippen LogP contribution in [0.2, 0.25) is 0 Å². The Morgan fingerprint density at radius 1 is 1.30 bits per heavy atom. The number of rotatable bonds is 2. The number of alkyl halides is 3. The van der Waals surface area contributed by atoms with E-state index in [0.717, 1.165) is 18.6 Å². The minimum absolute atomic E-state index is 0.239.